The summed E-state index contributed by atoms with van der Waals surface area (Å²) in [5.74, 6) is -0.320. The Balaban J connectivity index is 1.61. The maximum atomic E-state index is 12.7. The molecule has 0 bridgehead atoms. The van der Waals surface area contributed by atoms with Crippen molar-refractivity contribution in [1.82, 2.24) is 5.16 Å². The maximum Gasteiger partial charge on any atom is 0.341 e. The molecule has 2 aromatic heterocycles. The molecule has 2 heterocycles. The molecule has 3 aromatic rings. The Labute approximate surface area is 160 Å². The normalized spacial score (nSPS) is 13.1. The number of anilines is 1. The number of thiophene rings is 1. The molecule has 0 atom stereocenters. The number of methoxy groups -OCH3 is 1. The van der Waals surface area contributed by atoms with Crippen LogP contribution in [0.15, 0.2) is 40.9 Å². The number of rotatable bonds is 4. The van der Waals surface area contributed by atoms with E-state index < -0.39 is 11.9 Å². The highest BCUT2D eigenvalue weighted by Gasteiger charge is 2.27. The molecule has 4 rings (SSSR count). The van der Waals surface area contributed by atoms with Gasteiger partial charge in [0.15, 0.2) is 11.5 Å². The number of carbonyl (C=O) groups is 2. The lowest BCUT2D eigenvalue weighted by molar-refractivity contribution is 0.0601. The van der Waals surface area contributed by atoms with Crippen molar-refractivity contribution in [2.45, 2.75) is 25.7 Å². The zero-order valence-electron chi connectivity index (χ0n) is 14.8. The van der Waals surface area contributed by atoms with E-state index >= 15 is 0 Å². The number of fused-ring (bicyclic) bond motifs is 1. The molecular formula is C20H18N2O4S. The standard InChI is InChI=1S/C20H18N2O4S/c1-25-20(24)17-13-9-5-6-10-16(13)27-19(17)21-18(23)14-11-15(26-22-14)12-7-3-2-4-8-12/h2-4,7-8,11H,5-6,9-10H2,1H3,(H,21,23). The summed E-state index contributed by atoms with van der Waals surface area (Å²) in [5.41, 5.74) is 2.47. The summed E-state index contributed by atoms with van der Waals surface area (Å²) in [6.45, 7) is 0. The van der Waals surface area contributed by atoms with Gasteiger partial charge in [0.25, 0.3) is 5.91 Å². The smallest absolute Gasteiger partial charge is 0.341 e. The zero-order valence-corrected chi connectivity index (χ0v) is 15.6. The zero-order chi connectivity index (χ0) is 18.8. The van der Waals surface area contributed by atoms with Crippen LogP contribution in [-0.4, -0.2) is 24.1 Å². The Hall–Kier alpha value is -2.93. The highest BCUT2D eigenvalue weighted by molar-refractivity contribution is 7.17. The number of hydrogen-bond donors (Lipinski definition) is 1. The van der Waals surface area contributed by atoms with Gasteiger partial charge in [-0.15, -0.1) is 11.3 Å². The van der Waals surface area contributed by atoms with Crippen molar-refractivity contribution < 1.29 is 18.8 Å². The number of amides is 1. The van der Waals surface area contributed by atoms with Crippen LogP contribution in [0.3, 0.4) is 0 Å². The minimum atomic E-state index is -0.421. The molecule has 27 heavy (non-hydrogen) atoms. The molecule has 6 nitrogen and oxygen atoms in total. The van der Waals surface area contributed by atoms with E-state index in [0.717, 1.165) is 41.7 Å². The third-order valence-electron chi connectivity index (χ3n) is 4.59. The molecule has 1 aliphatic rings. The highest BCUT2D eigenvalue weighted by Crippen LogP contribution is 2.38. The SMILES string of the molecule is COC(=O)c1c(NC(=O)c2cc(-c3ccccc3)on2)sc2c1CCCC2. The molecule has 0 radical (unpaired) electrons. The molecule has 1 amide bonds. The average Bonchev–Trinajstić information content (AvgIpc) is 3.33. The van der Waals surface area contributed by atoms with E-state index in [2.05, 4.69) is 10.5 Å². The number of nitrogens with zero attached hydrogens (tertiary/aromatic N) is 1. The van der Waals surface area contributed by atoms with Crippen molar-refractivity contribution in [3.63, 3.8) is 0 Å². The molecule has 0 unspecified atom stereocenters. The van der Waals surface area contributed by atoms with E-state index in [4.69, 9.17) is 9.26 Å². The second-order valence-corrected chi connectivity index (χ2v) is 7.41. The Morgan fingerprint density at radius 3 is 2.74 bits per heavy atom. The van der Waals surface area contributed by atoms with Gasteiger partial charge in [0.1, 0.15) is 5.00 Å². The number of aromatic nitrogens is 1. The Kier molecular flexibility index (Phi) is 4.77. The first-order valence-corrected chi connectivity index (χ1v) is 9.55. The number of aryl methyl sites for hydroxylation is 1. The van der Waals surface area contributed by atoms with Crippen LogP contribution in [-0.2, 0) is 17.6 Å². The topological polar surface area (TPSA) is 81.4 Å². The molecule has 7 heteroatoms. The van der Waals surface area contributed by atoms with Crippen molar-refractivity contribution in [3.05, 3.63) is 58.1 Å². The monoisotopic (exact) mass is 382 g/mol. The maximum absolute atomic E-state index is 12.7. The predicted octanol–water partition coefficient (Wildman–Crippen LogP) is 4.32. The fourth-order valence-electron chi connectivity index (χ4n) is 3.26. The first kappa shape index (κ1) is 17.5. The molecule has 0 aliphatic heterocycles. The first-order valence-electron chi connectivity index (χ1n) is 8.73. The average molecular weight is 382 g/mol. The number of hydrogen-bond acceptors (Lipinski definition) is 6. The van der Waals surface area contributed by atoms with Crippen LogP contribution < -0.4 is 5.32 Å². The van der Waals surface area contributed by atoms with Gasteiger partial charge < -0.3 is 14.6 Å². The Bertz CT molecular complexity index is 991. The van der Waals surface area contributed by atoms with Gasteiger partial charge in [0.05, 0.1) is 12.7 Å². The van der Waals surface area contributed by atoms with Gasteiger partial charge in [-0.2, -0.15) is 0 Å². The predicted molar refractivity (Wildman–Crippen MR) is 102 cm³/mol. The van der Waals surface area contributed by atoms with E-state index in [1.807, 2.05) is 30.3 Å². The quantitative estimate of drug-likeness (QED) is 0.680. The summed E-state index contributed by atoms with van der Waals surface area (Å²) >= 11 is 1.44. The summed E-state index contributed by atoms with van der Waals surface area (Å²) < 4.78 is 10.2. The molecule has 0 fully saturated rings. The summed E-state index contributed by atoms with van der Waals surface area (Å²) in [4.78, 5) is 26.1. The molecule has 0 spiro atoms. The van der Waals surface area contributed by atoms with Crippen molar-refractivity contribution >= 4 is 28.2 Å². The van der Waals surface area contributed by atoms with E-state index in [-0.39, 0.29) is 5.69 Å². The summed E-state index contributed by atoms with van der Waals surface area (Å²) in [6.07, 6.45) is 3.87. The molecule has 138 valence electrons. The number of carbonyl (C=O) groups excluding carboxylic acids is 2. The van der Waals surface area contributed by atoms with Crippen LogP contribution in [0.4, 0.5) is 5.00 Å². The van der Waals surface area contributed by atoms with Gasteiger partial charge in [-0.1, -0.05) is 35.5 Å². The van der Waals surface area contributed by atoms with Crippen LogP contribution in [0, 0.1) is 0 Å². The Morgan fingerprint density at radius 1 is 1.19 bits per heavy atom. The van der Waals surface area contributed by atoms with Gasteiger partial charge in [-0.05, 0) is 31.2 Å². The third-order valence-corrected chi connectivity index (χ3v) is 5.80. The van der Waals surface area contributed by atoms with Crippen LogP contribution in [0.25, 0.3) is 11.3 Å². The van der Waals surface area contributed by atoms with Crippen molar-refractivity contribution in [3.8, 4) is 11.3 Å². The lowest BCUT2D eigenvalue weighted by Crippen LogP contribution is -2.15. The first-order chi connectivity index (χ1) is 13.2. The molecule has 1 aliphatic carbocycles. The minimum Gasteiger partial charge on any atom is -0.465 e. The number of ether oxygens (including phenoxy) is 1. The highest BCUT2D eigenvalue weighted by atomic mass is 32.1. The minimum absolute atomic E-state index is 0.163. The van der Waals surface area contributed by atoms with Crippen molar-refractivity contribution in [2.24, 2.45) is 0 Å². The molecular weight excluding hydrogens is 364 g/mol. The number of benzene rings is 1. The van der Waals surface area contributed by atoms with E-state index in [1.54, 1.807) is 6.07 Å². The number of nitrogens with one attached hydrogen (secondary N) is 1. The molecule has 0 saturated heterocycles. The van der Waals surface area contributed by atoms with Crippen molar-refractivity contribution in [1.29, 1.82) is 0 Å². The van der Waals surface area contributed by atoms with Gasteiger partial charge >= 0.3 is 5.97 Å². The van der Waals surface area contributed by atoms with Crippen molar-refractivity contribution in [2.75, 3.05) is 12.4 Å². The number of esters is 1. The lowest BCUT2D eigenvalue weighted by atomic mass is 9.95. The molecule has 0 saturated carbocycles. The third kappa shape index (κ3) is 3.38. The van der Waals surface area contributed by atoms with Crippen LogP contribution in [0.5, 0.6) is 0 Å². The fraction of sp³-hybridized carbons (Fsp3) is 0.250. The summed E-state index contributed by atoms with van der Waals surface area (Å²) in [6, 6.07) is 11.0. The van der Waals surface area contributed by atoms with E-state index in [1.165, 1.54) is 18.4 Å². The van der Waals surface area contributed by atoms with Crippen LogP contribution in [0.1, 0.15) is 44.1 Å². The van der Waals surface area contributed by atoms with Gasteiger partial charge in [-0.25, -0.2) is 4.79 Å². The van der Waals surface area contributed by atoms with E-state index in [9.17, 15) is 9.59 Å². The fourth-order valence-corrected chi connectivity index (χ4v) is 4.53. The van der Waals surface area contributed by atoms with Gasteiger partial charge in [0.2, 0.25) is 0 Å². The van der Waals surface area contributed by atoms with E-state index in [0.29, 0.717) is 16.3 Å². The molecule has 1 N–H and O–H groups in total. The largest absolute Gasteiger partial charge is 0.465 e. The summed E-state index contributed by atoms with van der Waals surface area (Å²) in [5, 5.41) is 7.20. The van der Waals surface area contributed by atoms with Crippen LogP contribution >= 0.6 is 11.3 Å². The lowest BCUT2D eigenvalue weighted by Gasteiger charge is -2.11. The summed E-state index contributed by atoms with van der Waals surface area (Å²) in [7, 11) is 1.35. The van der Waals surface area contributed by atoms with Gasteiger partial charge in [0, 0.05) is 16.5 Å². The van der Waals surface area contributed by atoms with Gasteiger partial charge in [-0.3, -0.25) is 4.79 Å². The van der Waals surface area contributed by atoms with Crippen LogP contribution in [0.2, 0.25) is 0 Å². The second-order valence-electron chi connectivity index (χ2n) is 6.30. The molecule has 1 aromatic carbocycles. The second kappa shape index (κ2) is 7.36. The Morgan fingerprint density at radius 2 is 1.96 bits per heavy atom.